The summed E-state index contributed by atoms with van der Waals surface area (Å²) in [6.07, 6.45) is 2.63. The molecule has 1 aliphatic rings. The van der Waals surface area contributed by atoms with E-state index in [0.29, 0.717) is 48.0 Å². The maximum Gasteiger partial charge on any atom is 0.410 e. The number of carbonyl (C=O) groups is 1. The summed E-state index contributed by atoms with van der Waals surface area (Å²) in [6.45, 7) is 7.55. The molecule has 0 saturated carbocycles. The van der Waals surface area contributed by atoms with Gasteiger partial charge in [-0.3, -0.25) is 4.98 Å². The second-order valence-electron chi connectivity index (χ2n) is 9.48. The van der Waals surface area contributed by atoms with Crippen LogP contribution in [0.5, 0.6) is 0 Å². The largest absolute Gasteiger partial charge is 0.444 e. The Morgan fingerprint density at radius 2 is 1.74 bits per heavy atom. The number of nitrogens with zero attached hydrogens (tertiary/aromatic N) is 5. The number of piperazine rings is 1. The topological polar surface area (TPSA) is 71.5 Å². The number of anilines is 1. The van der Waals surface area contributed by atoms with Crippen LogP contribution in [0.2, 0.25) is 5.02 Å². The van der Waals surface area contributed by atoms with Crippen LogP contribution in [0, 0.1) is 5.82 Å². The van der Waals surface area contributed by atoms with Gasteiger partial charge >= 0.3 is 6.09 Å². The third-order valence-corrected chi connectivity index (χ3v) is 6.26. The lowest BCUT2D eigenvalue weighted by Crippen LogP contribution is -2.50. The van der Waals surface area contributed by atoms with Gasteiger partial charge in [0.1, 0.15) is 29.0 Å². The first-order valence-electron chi connectivity index (χ1n) is 11.4. The van der Waals surface area contributed by atoms with Gasteiger partial charge in [0, 0.05) is 48.3 Å². The number of ether oxygens (including phenoxy) is 1. The van der Waals surface area contributed by atoms with Crippen LogP contribution in [0.4, 0.5) is 15.0 Å². The van der Waals surface area contributed by atoms with Crippen molar-refractivity contribution in [3.63, 3.8) is 0 Å². The van der Waals surface area contributed by atoms with E-state index in [9.17, 15) is 4.79 Å². The quantitative estimate of drug-likeness (QED) is 0.357. The average molecular weight is 494 g/mol. The Morgan fingerprint density at radius 1 is 1.03 bits per heavy atom. The lowest BCUT2D eigenvalue weighted by atomic mass is 10.0. The zero-order chi connectivity index (χ0) is 24.7. The Morgan fingerprint density at radius 3 is 2.46 bits per heavy atom. The van der Waals surface area contributed by atoms with E-state index in [-0.39, 0.29) is 17.3 Å². The van der Waals surface area contributed by atoms with E-state index in [1.807, 2.05) is 56.0 Å². The fourth-order valence-corrected chi connectivity index (χ4v) is 4.62. The molecule has 0 radical (unpaired) electrons. The number of fused-ring (bicyclic) bond motifs is 2. The van der Waals surface area contributed by atoms with E-state index < -0.39 is 11.4 Å². The predicted molar refractivity (Wildman–Crippen MR) is 135 cm³/mol. The highest BCUT2D eigenvalue weighted by Crippen LogP contribution is 2.36. The maximum absolute atomic E-state index is 15.8. The van der Waals surface area contributed by atoms with Crippen LogP contribution in [-0.4, -0.2) is 57.7 Å². The van der Waals surface area contributed by atoms with E-state index in [2.05, 4.69) is 15.0 Å². The van der Waals surface area contributed by atoms with Crippen LogP contribution in [0.3, 0.4) is 0 Å². The van der Waals surface area contributed by atoms with Gasteiger partial charge in [-0.2, -0.15) is 0 Å². The molecule has 0 atom stereocenters. The molecule has 3 heterocycles. The first-order chi connectivity index (χ1) is 16.7. The minimum absolute atomic E-state index is 0.190. The third-order valence-electron chi connectivity index (χ3n) is 5.94. The van der Waals surface area contributed by atoms with E-state index in [1.54, 1.807) is 17.2 Å². The molecule has 2 aromatic heterocycles. The van der Waals surface area contributed by atoms with Gasteiger partial charge in [0.25, 0.3) is 0 Å². The van der Waals surface area contributed by atoms with Crippen molar-refractivity contribution >= 4 is 45.2 Å². The smallest absolute Gasteiger partial charge is 0.410 e. The number of amides is 1. The first-order valence-corrected chi connectivity index (χ1v) is 11.8. The Bertz CT molecular complexity index is 1430. The summed E-state index contributed by atoms with van der Waals surface area (Å²) in [4.78, 5) is 29.2. The molecule has 2 aromatic carbocycles. The number of halogens is 2. The summed E-state index contributed by atoms with van der Waals surface area (Å²) in [5.41, 5.74) is 0.444. The molecule has 0 N–H and O–H groups in total. The summed E-state index contributed by atoms with van der Waals surface area (Å²) in [6, 6.07) is 11.2. The summed E-state index contributed by atoms with van der Waals surface area (Å²) in [7, 11) is 0. The van der Waals surface area contributed by atoms with Crippen molar-refractivity contribution in [1.82, 2.24) is 19.9 Å². The molecule has 4 aromatic rings. The summed E-state index contributed by atoms with van der Waals surface area (Å²) >= 11 is 6.46. The molecule has 7 nitrogen and oxygen atoms in total. The van der Waals surface area contributed by atoms with Crippen molar-refractivity contribution in [2.75, 3.05) is 31.1 Å². The molecule has 1 saturated heterocycles. The molecule has 1 aliphatic heterocycles. The number of benzene rings is 2. The van der Waals surface area contributed by atoms with Crippen molar-refractivity contribution in [2.45, 2.75) is 26.4 Å². The molecule has 1 fully saturated rings. The van der Waals surface area contributed by atoms with Crippen molar-refractivity contribution in [2.24, 2.45) is 0 Å². The Balaban J connectivity index is 1.47. The summed E-state index contributed by atoms with van der Waals surface area (Å²) in [5, 5.41) is 2.70. The fraction of sp³-hybridized carbons (Fsp3) is 0.308. The number of hydrogen-bond acceptors (Lipinski definition) is 6. The van der Waals surface area contributed by atoms with Crippen LogP contribution < -0.4 is 4.90 Å². The predicted octanol–water partition coefficient (Wildman–Crippen LogP) is 5.69. The molecular weight excluding hydrogens is 469 g/mol. The Hall–Kier alpha value is -3.52. The van der Waals surface area contributed by atoms with Gasteiger partial charge in [0.2, 0.25) is 0 Å². The van der Waals surface area contributed by atoms with Crippen LogP contribution in [0.25, 0.3) is 32.9 Å². The maximum atomic E-state index is 15.8. The van der Waals surface area contributed by atoms with E-state index in [1.165, 1.54) is 6.33 Å². The first kappa shape index (κ1) is 23.2. The minimum atomic E-state index is -0.549. The van der Waals surface area contributed by atoms with Crippen LogP contribution in [0.15, 0.2) is 48.9 Å². The molecule has 0 unspecified atom stereocenters. The molecule has 1 amide bonds. The molecule has 0 aliphatic carbocycles. The highest BCUT2D eigenvalue weighted by atomic mass is 35.5. The van der Waals surface area contributed by atoms with Crippen molar-refractivity contribution in [3.05, 3.63) is 59.8 Å². The number of hydrogen-bond donors (Lipinski definition) is 0. The lowest BCUT2D eigenvalue weighted by molar-refractivity contribution is 0.0240. The van der Waals surface area contributed by atoms with E-state index in [4.69, 9.17) is 16.3 Å². The highest BCUT2D eigenvalue weighted by Gasteiger charge is 2.28. The van der Waals surface area contributed by atoms with Gasteiger partial charge in [-0.1, -0.05) is 41.9 Å². The highest BCUT2D eigenvalue weighted by molar-refractivity contribution is 6.36. The molecule has 180 valence electrons. The number of rotatable bonds is 2. The molecule has 35 heavy (non-hydrogen) atoms. The fourth-order valence-electron chi connectivity index (χ4n) is 4.34. The van der Waals surface area contributed by atoms with Crippen LogP contribution in [-0.2, 0) is 4.74 Å². The lowest BCUT2D eigenvalue weighted by Gasteiger charge is -2.36. The molecule has 5 rings (SSSR count). The van der Waals surface area contributed by atoms with Gasteiger partial charge in [0.05, 0.1) is 5.39 Å². The average Bonchev–Trinajstić information content (AvgIpc) is 2.83. The summed E-state index contributed by atoms with van der Waals surface area (Å²) in [5.74, 6) is 0.0682. The normalized spacial score (nSPS) is 14.5. The van der Waals surface area contributed by atoms with Gasteiger partial charge in [0.15, 0.2) is 5.82 Å². The van der Waals surface area contributed by atoms with Crippen LogP contribution >= 0.6 is 11.6 Å². The van der Waals surface area contributed by atoms with Gasteiger partial charge in [-0.25, -0.2) is 19.2 Å². The van der Waals surface area contributed by atoms with Crippen molar-refractivity contribution in [1.29, 1.82) is 0 Å². The van der Waals surface area contributed by atoms with E-state index >= 15 is 4.39 Å². The zero-order valence-electron chi connectivity index (χ0n) is 19.8. The standard InChI is InChI=1S/C26H25ClFN5O2/c1-26(2,3)35-25(34)33-12-10-32(11-13-33)24-18-14-29-22(21(28)23(18)30-15-31-24)17-8-4-6-16-7-5-9-19(27)20(16)17/h4-9,14-15H,10-13H2,1-3H3. The van der Waals surface area contributed by atoms with Crippen molar-refractivity contribution in [3.8, 4) is 11.3 Å². The second kappa shape index (κ2) is 8.92. The number of carbonyl (C=O) groups excluding carboxylic acids is 1. The number of aromatic nitrogens is 3. The molecular formula is C26H25ClFN5O2. The monoisotopic (exact) mass is 493 g/mol. The Kier molecular flexibility index (Phi) is 5.92. The summed E-state index contributed by atoms with van der Waals surface area (Å²) < 4.78 is 21.3. The van der Waals surface area contributed by atoms with Crippen LogP contribution in [0.1, 0.15) is 20.8 Å². The number of pyridine rings is 1. The molecule has 0 bridgehead atoms. The third kappa shape index (κ3) is 4.46. The zero-order valence-corrected chi connectivity index (χ0v) is 20.5. The molecule has 0 spiro atoms. The Labute approximate surface area is 207 Å². The van der Waals surface area contributed by atoms with Gasteiger partial charge in [-0.15, -0.1) is 0 Å². The van der Waals surface area contributed by atoms with E-state index in [0.717, 1.165) is 10.8 Å². The van der Waals surface area contributed by atoms with Gasteiger partial charge < -0.3 is 14.5 Å². The molecule has 9 heteroatoms. The van der Waals surface area contributed by atoms with Crippen molar-refractivity contribution < 1.29 is 13.9 Å². The minimum Gasteiger partial charge on any atom is -0.444 e. The second-order valence-corrected chi connectivity index (χ2v) is 9.89. The van der Waals surface area contributed by atoms with Gasteiger partial charge in [-0.05, 0) is 32.2 Å². The SMILES string of the molecule is CC(C)(C)OC(=O)N1CCN(c2ncnc3c(F)c(-c4cccc5cccc(Cl)c45)ncc23)CC1.